The highest BCUT2D eigenvalue weighted by molar-refractivity contribution is 5.97. The second-order valence-electron chi connectivity index (χ2n) is 8.63. The number of carbonyl (C=O) groups excluding carboxylic acids is 2. The SMILES string of the molecule is CCn1c(=O)[nH]c2cc(C(=O)NC3CC(C)N(C(=O)OC(C)(C)C)C3)ccc2c1=O. The average molecular weight is 416 g/mol. The lowest BCUT2D eigenvalue weighted by Crippen LogP contribution is -2.41. The van der Waals surface area contributed by atoms with Gasteiger partial charge in [-0.05, 0) is 59.2 Å². The number of H-pyrrole nitrogens is 1. The molecule has 1 aliphatic heterocycles. The Morgan fingerprint density at radius 3 is 2.60 bits per heavy atom. The molecule has 2 atom stereocenters. The summed E-state index contributed by atoms with van der Waals surface area (Å²) in [5.41, 5.74) is -0.838. The molecule has 0 saturated carbocycles. The zero-order chi connectivity index (χ0) is 22.2. The molecular formula is C21H28N4O5. The van der Waals surface area contributed by atoms with Crippen LogP contribution in [0.15, 0.2) is 27.8 Å². The molecule has 2 unspecified atom stereocenters. The van der Waals surface area contributed by atoms with Crippen LogP contribution < -0.4 is 16.6 Å². The largest absolute Gasteiger partial charge is 0.444 e. The van der Waals surface area contributed by atoms with Crippen LogP contribution in [-0.2, 0) is 11.3 Å². The lowest BCUT2D eigenvalue weighted by molar-refractivity contribution is 0.0235. The molecule has 9 heteroatoms. The fourth-order valence-electron chi connectivity index (χ4n) is 3.66. The predicted molar refractivity (Wildman–Crippen MR) is 113 cm³/mol. The molecule has 2 amide bonds. The van der Waals surface area contributed by atoms with Crippen molar-refractivity contribution in [1.82, 2.24) is 19.8 Å². The van der Waals surface area contributed by atoms with E-state index in [1.807, 2.05) is 27.7 Å². The topological polar surface area (TPSA) is 114 Å². The number of likely N-dealkylation sites (tertiary alicyclic amines) is 1. The Morgan fingerprint density at radius 1 is 1.27 bits per heavy atom. The Kier molecular flexibility index (Phi) is 5.74. The van der Waals surface area contributed by atoms with Crippen LogP contribution in [0.3, 0.4) is 0 Å². The van der Waals surface area contributed by atoms with Crippen molar-refractivity contribution >= 4 is 22.9 Å². The summed E-state index contributed by atoms with van der Waals surface area (Å²) in [6.45, 7) is 9.68. The number of carbonyl (C=O) groups is 2. The number of aromatic amines is 1. The van der Waals surface area contributed by atoms with Gasteiger partial charge >= 0.3 is 11.8 Å². The van der Waals surface area contributed by atoms with Gasteiger partial charge in [0.15, 0.2) is 0 Å². The number of amides is 2. The van der Waals surface area contributed by atoms with E-state index in [-0.39, 0.29) is 30.1 Å². The Hall–Kier alpha value is -3.10. The van der Waals surface area contributed by atoms with Crippen LogP contribution in [0.2, 0.25) is 0 Å². The van der Waals surface area contributed by atoms with Crippen molar-refractivity contribution in [2.45, 2.75) is 65.3 Å². The molecular weight excluding hydrogens is 388 g/mol. The summed E-state index contributed by atoms with van der Waals surface area (Å²) in [5.74, 6) is -0.333. The summed E-state index contributed by atoms with van der Waals surface area (Å²) in [4.78, 5) is 53.8. The summed E-state index contributed by atoms with van der Waals surface area (Å²) >= 11 is 0. The van der Waals surface area contributed by atoms with Gasteiger partial charge in [-0.1, -0.05) is 0 Å². The Morgan fingerprint density at radius 2 is 1.97 bits per heavy atom. The first-order valence-electron chi connectivity index (χ1n) is 10.1. The maximum Gasteiger partial charge on any atom is 0.410 e. The minimum absolute atomic E-state index is 0.0642. The van der Waals surface area contributed by atoms with Gasteiger partial charge in [-0.25, -0.2) is 9.59 Å². The van der Waals surface area contributed by atoms with Gasteiger partial charge in [-0.3, -0.25) is 14.2 Å². The fourth-order valence-corrected chi connectivity index (χ4v) is 3.66. The maximum absolute atomic E-state index is 12.7. The smallest absolute Gasteiger partial charge is 0.410 e. The van der Waals surface area contributed by atoms with E-state index in [0.717, 1.165) is 4.57 Å². The standard InChI is InChI=1S/C21H28N4O5/c1-6-24-18(27)15-8-7-13(10-16(15)23-19(24)28)17(26)22-14-9-12(2)25(11-14)20(29)30-21(3,4)5/h7-8,10,12,14H,6,9,11H2,1-5H3,(H,22,26)(H,23,28). The molecule has 1 aromatic heterocycles. The highest BCUT2D eigenvalue weighted by atomic mass is 16.6. The van der Waals surface area contributed by atoms with Crippen LogP contribution in [0.4, 0.5) is 4.79 Å². The molecule has 30 heavy (non-hydrogen) atoms. The molecule has 1 aliphatic rings. The third kappa shape index (κ3) is 4.39. The van der Waals surface area contributed by atoms with Gasteiger partial charge in [0.1, 0.15) is 5.60 Å². The van der Waals surface area contributed by atoms with Crippen molar-refractivity contribution in [3.63, 3.8) is 0 Å². The monoisotopic (exact) mass is 416 g/mol. The van der Waals surface area contributed by atoms with Gasteiger partial charge in [0, 0.05) is 30.7 Å². The molecule has 2 heterocycles. The minimum Gasteiger partial charge on any atom is -0.444 e. The lowest BCUT2D eigenvalue weighted by atomic mass is 10.1. The molecule has 1 saturated heterocycles. The second kappa shape index (κ2) is 7.97. The number of hydrogen-bond donors (Lipinski definition) is 2. The van der Waals surface area contributed by atoms with Gasteiger partial charge in [0.2, 0.25) is 0 Å². The quantitative estimate of drug-likeness (QED) is 0.793. The Labute approximate surface area is 174 Å². The van der Waals surface area contributed by atoms with E-state index in [0.29, 0.717) is 29.4 Å². The fraction of sp³-hybridized carbons (Fsp3) is 0.524. The molecule has 3 rings (SSSR count). The summed E-state index contributed by atoms with van der Waals surface area (Å²) in [7, 11) is 0. The second-order valence-corrected chi connectivity index (χ2v) is 8.63. The number of aromatic nitrogens is 2. The van der Waals surface area contributed by atoms with E-state index in [9.17, 15) is 19.2 Å². The number of benzene rings is 1. The van der Waals surface area contributed by atoms with Crippen LogP contribution in [-0.4, -0.2) is 50.7 Å². The lowest BCUT2D eigenvalue weighted by Gasteiger charge is -2.26. The van der Waals surface area contributed by atoms with Crippen LogP contribution in [0, 0.1) is 0 Å². The minimum atomic E-state index is -0.587. The van der Waals surface area contributed by atoms with Crippen molar-refractivity contribution in [3.8, 4) is 0 Å². The van der Waals surface area contributed by atoms with Crippen LogP contribution in [0.5, 0.6) is 0 Å². The first kappa shape index (κ1) is 21.6. The Balaban J connectivity index is 1.75. The highest BCUT2D eigenvalue weighted by Gasteiger charge is 2.35. The number of hydrogen-bond acceptors (Lipinski definition) is 5. The van der Waals surface area contributed by atoms with Gasteiger partial charge in [0.25, 0.3) is 11.5 Å². The molecule has 0 bridgehead atoms. The summed E-state index contributed by atoms with van der Waals surface area (Å²) < 4.78 is 6.53. The molecule has 0 spiro atoms. The van der Waals surface area contributed by atoms with E-state index in [1.54, 1.807) is 24.0 Å². The third-order valence-electron chi connectivity index (χ3n) is 5.10. The van der Waals surface area contributed by atoms with Gasteiger partial charge in [-0.2, -0.15) is 0 Å². The maximum atomic E-state index is 12.7. The molecule has 0 radical (unpaired) electrons. The normalized spacial score (nSPS) is 19.2. The van der Waals surface area contributed by atoms with Crippen molar-refractivity contribution in [3.05, 3.63) is 44.6 Å². The molecule has 0 aliphatic carbocycles. The first-order valence-corrected chi connectivity index (χ1v) is 10.1. The molecule has 1 aromatic carbocycles. The van der Waals surface area contributed by atoms with E-state index in [4.69, 9.17) is 4.74 Å². The number of nitrogens with zero attached hydrogens (tertiary/aromatic N) is 2. The number of fused-ring (bicyclic) bond motifs is 1. The van der Waals surface area contributed by atoms with Crippen molar-refractivity contribution in [2.75, 3.05) is 6.54 Å². The molecule has 2 aromatic rings. The summed E-state index contributed by atoms with van der Waals surface area (Å²) in [6.07, 6.45) is 0.207. The molecule has 162 valence electrons. The molecule has 2 N–H and O–H groups in total. The van der Waals surface area contributed by atoms with Crippen molar-refractivity contribution < 1.29 is 14.3 Å². The summed E-state index contributed by atoms with van der Waals surface area (Å²) in [5, 5.41) is 3.27. The van der Waals surface area contributed by atoms with Crippen LogP contribution in [0.1, 0.15) is 51.4 Å². The molecule has 9 nitrogen and oxygen atoms in total. The zero-order valence-electron chi connectivity index (χ0n) is 17.9. The highest BCUT2D eigenvalue weighted by Crippen LogP contribution is 2.21. The van der Waals surface area contributed by atoms with Crippen LogP contribution >= 0.6 is 0 Å². The van der Waals surface area contributed by atoms with E-state index in [2.05, 4.69) is 10.3 Å². The van der Waals surface area contributed by atoms with Gasteiger partial charge < -0.3 is 19.9 Å². The van der Waals surface area contributed by atoms with Gasteiger partial charge in [-0.15, -0.1) is 0 Å². The zero-order valence-corrected chi connectivity index (χ0v) is 17.9. The summed E-state index contributed by atoms with van der Waals surface area (Å²) in [6, 6.07) is 4.31. The Bertz CT molecular complexity index is 1100. The number of rotatable bonds is 3. The van der Waals surface area contributed by atoms with E-state index in [1.165, 1.54) is 6.07 Å². The van der Waals surface area contributed by atoms with E-state index >= 15 is 0 Å². The van der Waals surface area contributed by atoms with Gasteiger partial charge in [0.05, 0.1) is 10.9 Å². The van der Waals surface area contributed by atoms with Crippen molar-refractivity contribution in [2.24, 2.45) is 0 Å². The number of nitrogens with one attached hydrogen (secondary N) is 2. The van der Waals surface area contributed by atoms with Crippen molar-refractivity contribution in [1.29, 1.82) is 0 Å². The first-order chi connectivity index (χ1) is 14.0. The van der Waals surface area contributed by atoms with Crippen LogP contribution in [0.25, 0.3) is 10.9 Å². The van der Waals surface area contributed by atoms with E-state index < -0.39 is 17.4 Å². The molecule has 1 fully saturated rings. The predicted octanol–water partition coefficient (Wildman–Crippen LogP) is 1.84. The third-order valence-corrected chi connectivity index (χ3v) is 5.10. The average Bonchev–Trinajstić information content (AvgIpc) is 3.00. The number of ether oxygens (including phenoxy) is 1.